The number of hydrogen-bond acceptors (Lipinski definition) is 4. The molecule has 0 aliphatic carbocycles. The number of nitrogens with zero attached hydrogens (tertiary/aromatic N) is 1. The standard InChI is InChI=1S/C20H24FNO4/c1-20(2,3)18(24)15-16(13-8-4-5-9-14(13)21)22(19(25)17(15)23)11-12-7-6-10-26-12/h4-5,8-9,12,16,23H,6-7,10-11H2,1-3H3. The van der Waals surface area contributed by atoms with Crippen molar-refractivity contribution in [1.82, 2.24) is 4.90 Å². The van der Waals surface area contributed by atoms with Gasteiger partial charge in [-0.25, -0.2) is 4.39 Å². The summed E-state index contributed by atoms with van der Waals surface area (Å²) in [5.41, 5.74) is -0.645. The molecule has 2 aliphatic heterocycles. The van der Waals surface area contributed by atoms with Crippen molar-refractivity contribution in [2.45, 2.75) is 45.8 Å². The molecule has 2 unspecified atom stereocenters. The van der Waals surface area contributed by atoms with Crippen LogP contribution in [0.4, 0.5) is 4.39 Å². The minimum atomic E-state index is -0.945. The Morgan fingerprint density at radius 1 is 1.35 bits per heavy atom. The van der Waals surface area contributed by atoms with Gasteiger partial charge in [0.15, 0.2) is 11.5 Å². The van der Waals surface area contributed by atoms with Crippen LogP contribution in [0.25, 0.3) is 0 Å². The third-order valence-electron chi connectivity index (χ3n) is 4.85. The van der Waals surface area contributed by atoms with Crippen molar-refractivity contribution in [2.75, 3.05) is 13.2 Å². The number of aliphatic hydroxyl groups is 1. The summed E-state index contributed by atoms with van der Waals surface area (Å²) in [4.78, 5) is 27.0. The maximum Gasteiger partial charge on any atom is 0.290 e. The van der Waals surface area contributed by atoms with Gasteiger partial charge in [0.05, 0.1) is 17.7 Å². The summed E-state index contributed by atoms with van der Waals surface area (Å²) in [6, 6.07) is 5.10. The highest BCUT2D eigenvalue weighted by atomic mass is 19.1. The molecule has 1 fully saturated rings. The SMILES string of the molecule is CC(C)(C)C(=O)C1=C(O)C(=O)N(CC2CCCO2)C1c1ccccc1F. The van der Waals surface area contributed by atoms with Crippen molar-refractivity contribution in [2.24, 2.45) is 5.41 Å². The van der Waals surface area contributed by atoms with Gasteiger partial charge in [0, 0.05) is 24.1 Å². The van der Waals surface area contributed by atoms with Gasteiger partial charge in [-0.05, 0) is 18.9 Å². The van der Waals surface area contributed by atoms with Gasteiger partial charge in [0.2, 0.25) is 0 Å². The third-order valence-corrected chi connectivity index (χ3v) is 4.85. The molecule has 1 aromatic carbocycles. The van der Waals surface area contributed by atoms with E-state index in [1.165, 1.54) is 11.0 Å². The summed E-state index contributed by atoms with van der Waals surface area (Å²) >= 11 is 0. The van der Waals surface area contributed by atoms with Gasteiger partial charge in [-0.1, -0.05) is 39.0 Å². The van der Waals surface area contributed by atoms with Crippen molar-refractivity contribution in [3.8, 4) is 0 Å². The lowest BCUT2D eigenvalue weighted by atomic mass is 9.82. The average molecular weight is 361 g/mol. The van der Waals surface area contributed by atoms with Gasteiger partial charge >= 0.3 is 0 Å². The van der Waals surface area contributed by atoms with Crippen LogP contribution in [0.2, 0.25) is 0 Å². The van der Waals surface area contributed by atoms with Gasteiger partial charge < -0.3 is 14.7 Å². The largest absolute Gasteiger partial charge is 0.503 e. The molecule has 0 spiro atoms. The van der Waals surface area contributed by atoms with Crippen molar-refractivity contribution in [3.63, 3.8) is 0 Å². The molecule has 1 saturated heterocycles. The zero-order valence-corrected chi connectivity index (χ0v) is 15.3. The number of rotatable bonds is 4. The van der Waals surface area contributed by atoms with Crippen LogP contribution in [0.1, 0.15) is 45.2 Å². The molecule has 0 aromatic heterocycles. The first-order chi connectivity index (χ1) is 12.2. The number of Topliss-reactive ketones (excluding diaryl/α,β-unsaturated/α-hetero) is 1. The van der Waals surface area contributed by atoms with E-state index >= 15 is 0 Å². The molecule has 0 saturated carbocycles. The number of aliphatic hydroxyl groups excluding tert-OH is 1. The molecule has 140 valence electrons. The maximum atomic E-state index is 14.5. The van der Waals surface area contributed by atoms with E-state index in [1.807, 2.05) is 0 Å². The summed E-state index contributed by atoms with van der Waals surface area (Å²) in [6.45, 7) is 5.96. The van der Waals surface area contributed by atoms with Gasteiger partial charge in [-0.15, -0.1) is 0 Å². The maximum absolute atomic E-state index is 14.5. The van der Waals surface area contributed by atoms with Gasteiger partial charge in [-0.3, -0.25) is 9.59 Å². The number of ether oxygens (including phenoxy) is 1. The van der Waals surface area contributed by atoms with E-state index < -0.39 is 28.9 Å². The Labute approximate surface area is 152 Å². The van der Waals surface area contributed by atoms with Crippen LogP contribution in [0.5, 0.6) is 0 Å². The van der Waals surface area contributed by atoms with E-state index in [0.717, 1.165) is 12.8 Å². The summed E-state index contributed by atoms with van der Waals surface area (Å²) in [6.07, 6.45) is 1.51. The fraction of sp³-hybridized carbons (Fsp3) is 0.500. The second kappa shape index (κ2) is 6.83. The molecule has 5 nitrogen and oxygen atoms in total. The minimum Gasteiger partial charge on any atom is -0.503 e. The first-order valence-corrected chi connectivity index (χ1v) is 8.86. The normalized spacial score (nSPS) is 23.8. The number of hydrogen-bond donors (Lipinski definition) is 1. The lowest BCUT2D eigenvalue weighted by Crippen LogP contribution is -2.38. The molecular weight excluding hydrogens is 337 g/mol. The van der Waals surface area contributed by atoms with Crippen LogP contribution < -0.4 is 0 Å². The number of amides is 1. The molecule has 6 heteroatoms. The van der Waals surface area contributed by atoms with E-state index in [2.05, 4.69) is 0 Å². The Bertz CT molecular complexity index is 759. The number of benzene rings is 1. The molecule has 26 heavy (non-hydrogen) atoms. The van der Waals surface area contributed by atoms with Crippen molar-refractivity contribution in [1.29, 1.82) is 0 Å². The topological polar surface area (TPSA) is 66.8 Å². The summed E-state index contributed by atoms with van der Waals surface area (Å²) < 4.78 is 20.1. The van der Waals surface area contributed by atoms with Crippen LogP contribution in [-0.4, -0.2) is 41.0 Å². The summed E-state index contributed by atoms with van der Waals surface area (Å²) in [5.74, 6) is -2.12. The molecule has 0 radical (unpaired) electrons. The number of carbonyl (C=O) groups excluding carboxylic acids is 2. The first kappa shape index (κ1) is 18.6. The zero-order chi connectivity index (χ0) is 19.1. The van der Waals surface area contributed by atoms with E-state index in [1.54, 1.807) is 39.0 Å². The van der Waals surface area contributed by atoms with Gasteiger partial charge in [0.25, 0.3) is 5.91 Å². The highest BCUT2D eigenvalue weighted by Crippen LogP contribution is 2.42. The second-order valence-electron chi connectivity index (χ2n) is 7.86. The highest BCUT2D eigenvalue weighted by molar-refractivity contribution is 6.10. The van der Waals surface area contributed by atoms with Crippen molar-refractivity contribution >= 4 is 11.7 Å². The molecule has 2 heterocycles. The Kier molecular flexibility index (Phi) is 4.88. The van der Waals surface area contributed by atoms with Crippen molar-refractivity contribution < 1.29 is 23.8 Å². The highest BCUT2D eigenvalue weighted by Gasteiger charge is 2.47. The van der Waals surface area contributed by atoms with E-state index in [0.29, 0.717) is 6.61 Å². The van der Waals surface area contributed by atoms with E-state index in [4.69, 9.17) is 4.74 Å². The molecule has 3 rings (SSSR count). The number of carbonyl (C=O) groups is 2. The van der Waals surface area contributed by atoms with E-state index in [9.17, 15) is 19.1 Å². The predicted molar refractivity (Wildman–Crippen MR) is 93.9 cm³/mol. The van der Waals surface area contributed by atoms with Crippen molar-refractivity contribution in [3.05, 3.63) is 47.0 Å². The molecule has 1 amide bonds. The fourth-order valence-corrected chi connectivity index (χ4v) is 3.51. The molecule has 0 bridgehead atoms. The van der Waals surface area contributed by atoms with Crippen LogP contribution >= 0.6 is 0 Å². The Morgan fingerprint density at radius 3 is 2.62 bits per heavy atom. The average Bonchev–Trinajstić information content (AvgIpc) is 3.16. The zero-order valence-electron chi connectivity index (χ0n) is 15.3. The Morgan fingerprint density at radius 2 is 2.04 bits per heavy atom. The lowest BCUT2D eigenvalue weighted by Gasteiger charge is -2.30. The first-order valence-electron chi connectivity index (χ1n) is 8.86. The molecule has 2 atom stereocenters. The molecule has 2 aliphatic rings. The third kappa shape index (κ3) is 3.26. The second-order valence-corrected chi connectivity index (χ2v) is 7.86. The van der Waals surface area contributed by atoms with Gasteiger partial charge in [0.1, 0.15) is 5.82 Å². The predicted octanol–water partition coefficient (Wildman–Crippen LogP) is 3.32. The fourth-order valence-electron chi connectivity index (χ4n) is 3.51. The lowest BCUT2D eigenvalue weighted by molar-refractivity contribution is -0.131. The van der Waals surface area contributed by atoms with Gasteiger partial charge in [-0.2, -0.15) is 0 Å². The quantitative estimate of drug-likeness (QED) is 0.893. The molecule has 1 N–H and O–H groups in total. The number of halogens is 1. The minimum absolute atomic E-state index is 0.0365. The smallest absolute Gasteiger partial charge is 0.290 e. The Balaban J connectivity index is 2.07. The molecule has 1 aromatic rings. The van der Waals surface area contributed by atoms with Crippen LogP contribution in [-0.2, 0) is 14.3 Å². The number of ketones is 1. The van der Waals surface area contributed by atoms with Crippen LogP contribution in [0.3, 0.4) is 0 Å². The van der Waals surface area contributed by atoms with Crippen LogP contribution in [0.15, 0.2) is 35.6 Å². The summed E-state index contributed by atoms with van der Waals surface area (Å²) in [5, 5.41) is 10.5. The monoisotopic (exact) mass is 361 g/mol. The Hall–Kier alpha value is -2.21. The molecular formula is C20H24FNO4. The summed E-state index contributed by atoms with van der Waals surface area (Å²) in [7, 11) is 0. The van der Waals surface area contributed by atoms with E-state index in [-0.39, 0.29) is 29.6 Å². The van der Waals surface area contributed by atoms with Crippen LogP contribution in [0, 0.1) is 11.2 Å².